The third-order valence-electron chi connectivity index (χ3n) is 4.04. The van der Waals surface area contributed by atoms with Gasteiger partial charge in [-0.3, -0.25) is 4.79 Å². The van der Waals surface area contributed by atoms with Crippen molar-refractivity contribution in [2.45, 2.75) is 13.8 Å². The summed E-state index contributed by atoms with van der Waals surface area (Å²) in [5.74, 6) is 0.798. The van der Waals surface area contributed by atoms with Gasteiger partial charge < -0.3 is 10.6 Å². The molecule has 3 aromatic rings. The third-order valence-corrected chi connectivity index (χ3v) is 4.04. The van der Waals surface area contributed by atoms with E-state index in [1.165, 1.54) is 5.56 Å². The van der Waals surface area contributed by atoms with Gasteiger partial charge in [0.25, 0.3) is 5.91 Å². The molecule has 0 saturated heterocycles. The first-order chi connectivity index (χ1) is 13.1. The summed E-state index contributed by atoms with van der Waals surface area (Å²) in [6.07, 6.45) is 1.63. The van der Waals surface area contributed by atoms with E-state index in [0.29, 0.717) is 23.9 Å². The highest BCUT2D eigenvalue weighted by molar-refractivity contribution is 5.93. The van der Waals surface area contributed by atoms with Crippen LogP contribution in [0.3, 0.4) is 0 Å². The van der Waals surface area contributed by atoms with Gasteiger partial charge in [-0.25, -0.2) is 9.97 Å². The van der Waals surface area contributed by atoms with Crippen molar-refractivity contribution in [3.05, 3.63) is 84.1 Å². The Morgan fingerprint density at radius 3 is 2.56 bits per heavy atom. The summed E-state index contributed by atoms with van der Waals surface area (Å²) >= 11 is 0. The van der Waals surface area contributed by atoms with E-state index in [1.807, 2.05) is 49.4 Å². The molecule has 0 aliphatic rings. The van der Waals surface area contributed by atoms with Crippen LogP contribution in [0.25, 0.3) is 11.4 Å². The fourth-order valence-corrected chi connectivity index (χ4v) is 2.69. The van der Waals surface area contributed by atoms with Gasteiger partial charge in [-0.15, -0.1) is 6.58 Å². The Kier molecular flexibility index (Phi) is 5.61. The number of benzene rings is 2. The minimum atomic E-state index is -0.266. The van der Waals surface area contributed by atoms with Crippen LogP contribution >= 0.6 is 0 Å². The predicted octanol–water partition coefficient (Wildman–Crippen LogP) is 4.42. The lowest BCUT2D eigenvalue weighted by molar-refractivity contribution is 0.0953. The highest BCUT2D eigenvalue weighted by Gasteiger charge is 2.13. The van der Waals surface area contributed by atoms with Crippen molar-refractivity contribution < 1.29 is 4.79 Å². The van der Waals surface area contributed by atoms with Crippen molar-refractivity contribution in [3.63, 3.8) is 0 Å². The largest absolute Gasteiger partial charge is 0.347 e. The standard InChI is InChI=1S/C22H22N4O/c1-4-12-23-22(27)19-14-20(24-18-11-10-15(2)13-16(18)3)26-21(25-19)17-8-6-5-7-9-17/h4-11,13-14H,1,12H2,2-3H3,(H,23,27)(H,24,25,26). The van der Waals surface area contributed by atoms with Gasteiger partial charge in [-0.05, 0) is 25.5 Å². The monoisotopic (exact) mass is 358 g/mol. The van der Waals surface area contributed by atoms with Crippen LogP contribution in [0.2, 0.25) is 0 Å². The Morgan fingerprint density at radius 2 is 1.85 bits per heavy atom. The van der Waals surface area contributed by atoms with Gasteiger partial charge in [0.15, 0.2) is 5.82 Å². The van der Waals surface area contributed by atoms with Gasteiger partial charge in [0.2, 0.25) is 0 Å². The summed E-state index contributed by atoms with van der Waals surface area (Å²) in [5, 5.41) is 6.07. The van der Waals surface area contributed by atoms with Crippen molar-refractivity contribution in [1.29, 1.82) is 0 Å². The van der Waals surface area contributed by atoms with E-state index in [-0.39, 0.29) is 5.91 Å². The van der Waals surface area contributed by atoms with Crippen LogP contribution in [-0.4, -0.2) is 22.4 Å². The van der Waals surface area contributed by atoms with Gasteiger partial charge >= 0.3 is 0 Å². The lowest BCUT2D eigenvalue weighted by Crippen LogP contribution is -2.24. The molecule has 0 radical (unpaired) electrons. The highest BCUT2D eigenvalue weighted by atomic mass is 16.1. The van der Waals surface area contributed by atoms with Crippen molar-refractivity contribution in [3.8, 4) is 11.4 Å². The van der Waals surface area contributed by atoms with Crippen LogP contribution in [0, 0.1) is 13.8 Å². The van der Waals surface area contributed by atoms with Crippen LogP contribution in [0.5, 0.6) is 0 Å². The predicted molar refractivity (Wildman–Crippen MR) is 109 cm³/mol. The molecule has 2 N–H and O–H groups in total. The summed E-state index contributed by atoms with van der Waals surface area (Å²) in [6.45, 7) is 8.09. The molecule has 27 heavy (non-hydrogen) atoms. The van der Waals surface area contributed by atoms with E-state index in [1.54, 1.807) is 12.1 Å². The molecule has 0 spiro atoms. The maximum Gasteiger partial charge on any atom is 0.270 e. The van der Waals surface area contributed by atoms with Gasteiger partial charge in [0, 0.05) is 23.9 Å². The smallest absolute Gasteiger partial charge is 0.270 e. The van der Waals surface area contributed by atoms with E-state index in [4.69, 9.17) is 0 Å². The summed E-state index contributed by atoms with van der Waals surface area (Å²) in [5.41, 5.74) is 4.39. The number of carbonyl (C=O) groups is 1. The molecule has 0 unspecified atom stereocenters. The zero-order valence-electron chi connectivity index (χ0n) is 15.5. The second-order valence-electron chi connectivity index (χ2n) is 6.27. The van der Waals surface area contributed by atoms with Gasteiger partial charge in [-0.1, -0.05) is 54.1 Å². The number of hydrogen-bond acceptors (Lipinski definition) is 4. The molecule has 0 saturated carbocycles. The molecular weight excluding hydrogens is 336 g/mol. The molecule has 0 bridgehead atoms. The second-order valence-corrected chi connectivity index (χ2v) is 6.27. The van der Waals surface area contributed by atoms with Gasteiger partial charge in [-0.2, -0.15) is 0 Å². The number of aromatic nitrogens is 2. The second kappa shape index (κ2) is 8.27. The summed E-state index contributed by atoms with van der Waals surface area (Å²) < 4.78 is 0. The number of nitrogens with one attached hydrogen (secondary N) is 2. The fourth-order valence-electron chi connectivity index (χ4n) is 2.69. The Bertz CT molecular complexity index is 967. The Labute approximate surface area is 159 Å². The van der Waals surface area contributed by atoms with Crippen LogP contribution < -0.4 is 10.6 Å². The van der Waals surface area contributed by atoms with E-state index < -0.39 is 0 Å². The number of rotatable bonds is 6. The molecule has 0 aliphatic heterocycles. The number of amides is 1. The molecule has 0 atom stereocenters. The quantitative estimate of drug-likeness (QED) is 0.640. The molecule has 5 heteroatoms. The topological polar surface area (TPSA) is 66.9 Å². The first-order valence-electron chi connectivity index (χ1n) is 8.74. The molecule has 0 fully saturated rings. The Balaban J connectivity index is 2.01. The van der Waals surface area contributed by atoms with Crippen LogP contribution in [0.1, 0.15) is 21.6 Å². The third kappa shape index (κ3) is 4.58. The minimum absolute atomic E-state index is 0.266. The number of anilines is 2. The molecule has 1 aromatic heterocycles. The van der Waals surface area contributed by atoms with Crippen LogP contribution in [-0.2, 0) is 0 Å². The molecule has 0 aliphatic carbocycles. The summed E-state index contributed by atoms with van der Waals surface area (Å²) in [6, 6.07) is 17.4. The summed E-state index contributed by atoms with van der Waals surface area (Å²) in [4.78, 5) is 21.5. The SMILES string of the molecule is C=CCNC(=O)c1cc(Nc2ccc(C)cc2C)nc(-c2ccccc2)n1. The van der Waals surface area contributed by atoms with Crippen molar-refractivity contribution >= 4 is 17.4 Å². The van der Waals surface area contributed by atoms with Crippen LogP contribution in [0.4, 0.5) is 11.5 Å². The normalized spacial score (nSPS) is 10.3. The first kappa shape index (κ1) is 18.3. The zero-order valence-corrected chi connectivity index (χ0v) is 15.5. The van der Waals surface area contributed by atoms with Crippen LogP contribution in [0.15, 0.2) is 67.3 Å². The summed E-state index contributed by atoms with van der Waals surface area (Å²) in [7, 11) is 0. The molecule has 136 valence electrons. The molecule has 5 nitrogen and oxygen atoms in total. The zero-order chi connectivity index (χ0) is 19.2. The van der Waals surface area contributed by atoms with E-state index >= 15 is 0 Å². The van der Waals surface area contributed by atoms with E-state index in [0.717, 1.165) is 16.8 Å². The average molecular weight is 358 g/mol. The molecule has 3 rings (SSSR count). The van der Waals surface area contributed by atoms with E-state index in [9.17, 15) is 4.79 Å². The van der Waals surface area contributed by atoms with Gasteiger partial charge in [0.05, 0.1) is 0 Å². The number of nitrogens with zero attached hydrogens (tertiary/aromatic N) is 2. The van der Waals surface area contributed by atoms with Gasteiger partial charge in [0.1, 0.15) is 11.5 Å². The maximum atomic E-state index is 12.4. The number of carbonyl (C=O) groups excluding carboxylic acids is 1. The van der Waals surface area contributed by atoms with Crippen molar-refractivity contribution in [1.82, 2.24) is 15.3 Å². The lowest BCUT2D eigenvalue weighted by Gasteiger charge is -2.12. The Hall–Kier alpha value is -3.47. The lowest BCUT2D eigenvalue weighted by atomic mass is 10.1. The molecular formula is C22H22N4O. The van der Waals surface area contributed by atoms with E-state index in [2.05, 4.69) is 40.2 Å². The molecule has 2 aromatic carbocycles. The first-order valence-corrected chi connectivity index (χ1v) is 8.74. The number of hydrogen-bond donors (Lipinski definition) is 2. The fraction of sp³-hybridized carbons (Fsp3) is 0.136. The average Bonchev–Trinajstić information content (AvgIpc) is 2.68. The van der Waals surface area contributed by atoms with Crippen molar-refractivity contribution in [2.24, 2.45) is 0 Å². The Morgan fingerprint density at radius 1 is 1.07 bits per heavy atom. The van der Waals surface area contributed by atoms with Crippen molar-refractivity contribution in [2.75, 3.05) is 11.9 Å². The highest BCUT2D eigenvalue weighted by Crippen LogP contribution is 2.23. The molecule has 1 heterocycles. The molecule has 1 amide bonds. The minimum Gasteiger partial charge on any atom is -0.347 e. The maximum absolute atomic E-state index is 12.4. The number of aryl methyl sites for hydroxylation is 2.